The number of hydrogen-bond donors (Lipinski definition) is 1. The van der Waals surface area contributed by atoms with Gasteiger partial charge in [0.15, 0.2) is 0 Å². The van der Waals surface area contributed by atoms with E-state index >= 15 is 0 Å². The minimum atomic E-state index is -0.204. The minimum Gasteiger partial charge on any atom is -0.331 e. The third-order valence-electron chi connectivity index (χ3n) is 1.58. The van der Waals surface area contributed by atoms with Crippen LogP contribution in [0.4, 0.5) is 10.5 Å². The predicted molar refractivity (Wildman–Crippen MR) is 61.9 cm³/mol. The molecule has 1 aromatic carbocycles. The molecule has 5 heteroatoms. The molecule has 0 atom stereocenters. The molecular formula is C9H10BrClN2O. The van der Waals surface area contributed by atoms with Crippen LogP contribution in [0, 0.1) is 0 Å². The first-order valence-electron chi connectivity index (χ1n) is 3.94. The number of halogens is 2. The zero-order valence-electron chi connectivity index (χ0n) is 7.84. The summed E-state index contributed by atoms with van der Waals surface area (Å²) < 4.78 is 0.871. The Morgan fingerprint density at radius 3 is 2.71 bits per heavy atom. The van der Waals surface area contributed by atoms with Gasteiger partial charge in [-0.2, -0.15) is 0 Å². The average Bonchev–Trinajstić information content (AvgIpc) is 2.11. The van der Waals surface area contributed by atoms with Gasteiger partial charge >= 0.3 is 6.03 Å². The number of rotatable bonds is 1. The monoisotopic (exact) mass is 276 g/mol. The molecule has 14 heavy (non-hydrogen) atoms. The molecular weight excluding hydrogens is 267 g/mol. The van der Waals surface area contributed by atoms with Crippen LogP contribution in [0.1, 0.15) is 0 Å². The number of nitrogens with one attached hydrogen (secondary N) is 1. The fourth-order valence-corrected chi connectivity index (χ4v) is 1.35. The van der Waals surface area contributed by atoms with Gasteiger partial charge in [0.05, 0.1) is 10.7 Å². The van der Waals surface area contributed by atoms with Gasteiger partial charge in [0.2, 0.25) is 0 Å². The number of hydrogen-bond acceptors (Lipinski definition) is 1. The van der Waals surface area contributed by atoms with Crippen molar-refractivity contribution in [1.82, 2.24) is 4.90 Å². The molecule has 0 aliphatic carbocycles. The van der Waals surface area contributed by atoms with E-state index in [-0.39, 0.29) is 6.03 Å². The molecule has 1 N–H and O–H groups in total. The van der Waals surface area contributed by atoms with Crippen molar-refractivity contribution in [3.05, 3.63) is 27.7 Å². The van der Waals surface area contributed by atoms with E-state index in [9.17, 15) is 4.79 Å². The molecule has 0 bridgehead atoms. The normalized spacial score (nSPS) is 9.71. The number of amides is 2. The lowest BCUT2D eigenvalue weighted by Crippen LogP contribution is -2.27. The second kappa shape index (κ2) is 4.66. The van der Waals surface area contributed by atoms with Crippen molar-refractivity contribution in [3.8, 4) is 0 Å². The standard InChI is InChI=1S/C9H10BrClN2O/c1-13(2)9(14)12-8-5-6(10)3-4-7(8)11/h3-5H,1-2H3,(H,12,14). The van der Waals surface area contributed by atoms with Crippen LogP contribution in [0.25, 0.3) is 0 Å². The lowest BCUT2D eigenvalue weighted by Gasteiger charge is -2.13. The molecule has 0 spiro atoms. The van der Waals surface area contributed by atoms with Crippen molar-refractivity contribution in [2.75, 3.05) is 19.4 Å². The van der Waals surface area contributed by atoms with Gasteiger partial charge in [0.1, 0.15) is 0 Å². The number of anilines is 1. The molecule has 0 radical (unpaired) electrons. The molecule has 0 saturated heterocycles. The van der Waals surface area contributed by atoms with Crippen molar-refractivity contribution >= 4 is 39.2 Å². The molecule has 2 amide bonds. The summed E-state index contributed by atoms with van der Waals surface area (Å²) in [6.45, 7) is 0. The first-order valence-corrected chi connectivity index (χ1v) is 5.11. The average molecular weight is 278 g/mol. The fraction of sp³-hybridized carbons (Fsp3) is 0.222. The molecule has 0 aliphatic rings. The van der Waals surface area contributed by atoms with Crippen molar-refractivity contribution in [2.45, 2.75) is 0 Å². The summed E-state index contributed by atoms with van der Waals surface area (Å²) in [5.74, 6) is 0. The summed E-state index contributed by atoms with van der Waals surface area (Å²) in [4.78, 5) is 12.8. The molecule has 0 fully saturated rings. The Balaban J connectivity index is 2.86. The third kappa shape index (κ3) is 2.89. The fourth-order valence-electron chi connectivity index (χ4n) is 0.820. The van der Waals surface area contributed by atoms with Gasteiger partial charge in [-0.3, -0.25) is 0 Å². The van der Waals surface area contributed by atoms with Crippen LogP contribution in [0.2, 0.25) is 5.02 Å². The summed E-state index contributed by atoms with van der Waals surface area (Å²) in [5, 5.41) is 3.19. The summed E-state index contributed by atoms with van der Waals surface area (Å²) in [7, 11) is 3.34. The Labute approximate surface area is 96.2 Å². The van der Waals surface area contributed by atoms with E-state index in [1.54, 1.807) is 26.2 Å². The smallest absolute Gasteiger partial charge is 0.321 e. The molecule has 1 aromatic rings. The largest absolute Gasteiger partial charge is 0.331 e. The van der Waals surface area contributed by atoms with Crippen LogP contribution < -0.4 is 5.32 Å². The highest BCUT2D eigenvalue weighted by atomic mass is 79.9. The number of carbonyl (C=O) groups is 1. The van der Waals surface area contributed by atoms with E-state index in [4.69, 9.17) is 11.6 Å². The second-order valence-electron chi connectivity index (χ2n) is 2.95. The van der Waals surface area contributed by atoms with Gasteiger partial charge in [-0.05, 0) is 18.2 Å². The van der Waals surface area contributed by atoms with Crippen LogP contribution in [-0.2, 0) is 0 Å². The van der Waals surface area contributed by atoms with E-state index in [1.165, 1.54) is 4.90 Å². The van der Waals surface area contributed by atoms with Gasteiger partial charge < -0.3 is 10.2 Å². The lowest BCUT2D eigenvalue weighted by atomic mass is 10.3. The van der Waals surface area contributed by atoms with Crippen molar-refractivity contribution < 1.29 is 4.79 Å². The van der Waals surface area contributed by atoms with Crippen LogP contribution >= 0.6 is 27.5 Å². The Morgan fingerprint density at radius 1 is 1.50 bits per heavy atom. The van der Waals surface area contributed by atoms with Gasteiger partial charge in [-0.25, -0.2) is 4.79 Å². The van der Waals surface area contributed by atoms with Crippen LogP contribution in [-0.4, -0.2) is 25.0 Å². The summed E-state index contributed by atoms with van der Waals surface area (Å²) in [5.41, 5.74) is 0.597. The lowest BCUT2D eigenvalue weighted by molar-refractivity contribution is 0.230. The highest BCUT2D eigenvalue weighted by Gasteiger charge is 2.07. The molecule has 76 valence electrons. The number of nitrogens with zero attached hydrogens (tertiary/aromatic N) is 1. The van der Waals surface area contributed by atoms with E-state index in [0.717, 1.165) is 4.47 Å². The number of carbonyl (C=O) groups excluding carboxylic acids is 1. The Kier molecular flexibility index (Phi) is 3.77. The van der Waals surface area contributed by atoms with Crippen molar-refractivity contribution in [1.29, 1.82) is 0 Å². The summed E-state index contributed by atoms with van der Waals surface area (Å²) in [6.07, 6.45) is 0. The molecule has 0 aromatic heterocycles. The van der Waals surface area contributed by atoms with Gasteiger partial charge in [0, 0.05) is 18.6 Å². The highest BCUT2D eigenvalue weighted by molar-refractivity contribution is 9.10. The maximum Gasteiger partial charge on any atom is 0.321 e. The molecule has 0 saturated carbocycles. The number of benzene rings is 1. The highest BCUT2D eigenvalue weighted by Crippen LogP contribution is 2.25. The summed E-state index contributed by atoms with van der Waals surface area (Å²) in [6, 6.07) is 5.08. The SMILES string of the molecule is CN(C)C(=O)Nc1cc(Br)ccc1Cl. The van der Waals surface area contributed by atoms with E-state index < -0.39 is 0 Å². The van der Waals surface area contributed by atoms with E-state index in [0.29, 0.717) is 10.7 Å². The van der Waals surface area contributed by atoms with Gasteiger partial charge in [-0.1, -0.05) is 27.5 Å². The third-order valence-corrected chi connectivity index (χ3v) is 2.40. The zero-order valence-corrected chi connectivity index (χ0v) is 10.2. The van der Waals surface area contributed by atoms with E-state index in [1.807, 2.05) is 6.07 Å². The Hall–Kier alpha value is -0.740. The van der Waals surface area contributed by atoms with E-state index in [2.05, 4.69) is 21.2 Å². The molecule has 1 rings (SSSR count). The number of urea groups is 1. The zero-order chi connectivity index (χ0) is 10.7. The Bertz CT molecular complexity index is 355. The van der Waals surface area contributed by atoms with Gasteiger partial charge in [-0.15, -0.1) is 0 Å². The van der Waals surface area contributed by atoms with Crippen LogP contribution in [0.15, 0.2) is 22.7 Å². The van der Waals surface area contributed by atoms with Gasteiger partial charge in [0.25, 0.3) is 0 Å². The molecule has 3 nitrogen and oxygen atoms in total. The molecule has 0 unspecified atom stereocenters. The maximum atomic E-state index is 11.3. The minimum absolute atomic E-state index is 0.204. The molecule has 0 heterocycles. The van der Waals surface area contributed by atoms with Crippen LogP contribution in [0.5, 0.6) is 0 Å². The summed E-state index contributed by atoms with van der Waals surface area (Å²) >= 11 is 9.19. The topological polar surface area (TPSA) is 32.3 Å². The second-order valence-corrected chi connectivity index (χ2v) is 4.27. The van der Waals surface area contributed by atoms with Crippen molar-refractivity contribution in [2.24, 2.45) is 0 Å². The molecule has 0 aliphatic heterocycles. The maximum absolute atomic E-state index is 11.3. The quantitative estimate of drug-likeness (QED) is 0.840. The Morgan fingerprint density at radius 2 is 2.14 bits per heavy atom. The predicted octanol–water partition coefficient (Wildman–Crippen LogP) is 3.20. The first-order chi connectivity index (χ1) is 6.50. The van der Waals surface area contributed by atoms with Crippen LogP contribution in [0.3, 0.4) is 0 Å². The first kappa shape index (κ1) is 11.3. The van der Waals surface area contributed by atoms with Crippen molar-refractivity contribution in [3.63, 3.8) is 0 Å².